The minimum absolute atomic E-state index is 0.0874. The standard InChI is InChI=1S/C27H43N5O5.C11H17N.C3H6O.3C2H6/c1-19(26(36)32-24(20(2)34)9-5-6-14-29-18-33)8-4-7-15-30-27(37)25(31-21(3)35)16-22-10-12-23(17-28)13-11-22;1-9(2)7-10-3-5-11(8-12)6-4-10;1-3(2)4;3*1-2/h10-13,18-19,24-25H,4-9,14-17,28H2,1-3H3,(H,29,33)(H,30,37)(H,31,35)(H,32,36);3-6,9H,7-8,12H2,1-2H3;1-2H3;3*1-2H3/t19-,24-,25?;;;;;/m0...../s1. The lowest BCUT2D eigenvalue weighted by atomic mass is 10.0. The van der Waals surface area contributed by atoms with Crippen LogP contribution in [0.3, 0.4) is 0 Å². The van der Waals surface area contributed by atoms with Crippen LogP contribution < -0.4 is 32.7 Å². The molecule has 12 heteroatoms. The van der Waals surface area contributed by atoms with Crippen LogP contribution in [-0.2, 0) is 54.7 Å². The van der Waals surface area contributed by atoms with E-state index in [0.717, 1.165) is 42.7 Å². The largest absolute Gasteiger partial charge is 0.359 e. The predicted octanol–water partition coefficient (Wildman–Crippen LogP) is 7.12. The molecule has 4 amide bonds. The van der Waals surface area contributed by atoms with E-state index in [1.165, 1.54) is 38.8 Å². The number of amides is 4. The normalized spacial score (nSPS) is 11.1. The van der Waals surface area contributed by atoms with Crippen LogP contribution in [0, 0.1) is 11.8 Å². The van der Waals surface area contributed by atoms with Crippen molar-refractivity contribution < 1.29 is 28.8 Å². The molecule has 0 spiro atoms. The quantitative estimate of drug-likeness (QED) is 0.0532. The van der Waals surface area contributed by atoms with E-state index in [1.54, 1.807) is 0 Å². The zero-order chi connectivity index (χ0) is 46.2. The van der Waals surface area contributed by atoms with Crippen LogP contribution in [0.1, 0.15) is 151 Å². The number of carbonyl (C=O) groups excluding carboxylic acids is 6. The molecule has 12 nitrogen and oxygen atoms in total. The van der Waals surface area contributed by atoms with Crippen LogP contribution in [0.4, 0.5) is 0 Å². The molecule has 0 saturated carbocycles. The first-order chi connectivity index (χ1) is 28.1. The molecule has 0 heterocycles. The van der Waals surface area contributed by atoms with Crippen molar-refractivity contribution in [3.8, 4) is 0 Å². The Hall–Kier alpha value is -4.42. The number of hydrogen-bond acceptors (Lipinski definition) is 8. The highest BCUT2D eigenvalue weighted by Gasteiger charge is 2.21. The third-order valence-electron chi connectivity index (χ3n) is 8.06. The highest BCUT2D eigenvalue weighted by Crippen LogP contribution is 2.12. The minimum atomic E-state index is -0.677. The molecule has 2 rings (SSSR count). The van der Waals surface area contributed by atoms with E-state index in [2.05, 4.69) is 59.4 Å². The Bertz CT molecular complexity index is 1360. The van der Waals surface area contributed by atoms with Gasteiger partial charge in [-0.25, -0.2) is 0 Å². The molecule has 0 bridgehead atoms. The lowest BCUT2D eigenvalue weighted by Gasteiger charge is -2.19. The van der Waals surface area contributed by atoms with Crippen molar-refractivity contribution in [3.05, 3.63) is 70.8 Å². The summed E-state index contributed by atoms with van der Waals surface area (Å²) in [4.78, 5) is 68.4. The molecule has 2 aromatic carbocycles. The Balaban J connectivity index is -0.000000562. The maximum atomic E-state index is 12.7. The molecule has 3 atom stereocenters. The Morgan fingerprint density at radius 2 is 1.00 bits per heavy atom. The summed E-state index contributed by atoms with van der Waals surface area (Å²) in [5.41, 5.74) is 15.7. The second-order valence-corrected chi connectivity index (χ2v) is 13.9. The highest BCUT2D eigenvalue weighted by atomic mass is 16.2. The molecule has 338 valence electrons. The van der Waals surface area contributed by atoms with Gasteiger partial charge in [-0.15, -0.1) is 0 Å². The lowest BCUT2D eigenvalue weighted by Crippen LogP contribution is -2.47. The monoisotopic (exact) mass is 829 g/mol. The minimum Gasteiger partial charge on any atom is -0.359 e. The summed E-state index contributed by atoms with van der Waals surface area (Å²) in [7, 11) is 0. The average Bonchev–Trinajstić information content (AvgIpc) is 3.22. The predicted molar refractivity (Wildman–Crippen MR) is 245 cm³/mol. The number of carbonyl (C=O) groups is 6. The summed E-state index contributed by atoms with van der Waals surface area (Å²) < 4.78 is 0. The fourth-order valence-corrected chi connectivity index (χ4v) is 5.15. The number of benzene rings is 2. The lowest BCUT2D eigenvalue weighted by molar-refractivity contribution is -0.129. The Morgan fingerprint density at radius 1 is 0.576 bits per heavy atom. The molecule has 0 radical (unpaired) electrons. The summed E-state index contributed by atoms with van der Waals surface area (Å²) in [6.07, 6.45) is 6.19. The highest BCUT2D eigenvalue weighted by molar-refractivity contribution is 5.88. The van der Waals surface area contributed by atoms with Crippen molar-refractivity contribution >= 4 is 35.7 Å². The maximum Gasteiger partial charge on any atom is 0.242 e. The van der Waals surface area contributed by atoms with E-state index >= 15 is 0 Å². The molecule has 1 unspecified atom stereocenters. The van der Waals surface area contributed by atoms with Gasteiger partial charge >= 0.3 is 0 Å². The van der Waals surface area contributed by atoms with Gasteiger partial charge in [-0.3, -0.25) is 24.0 Å². The number of nitrogens with one attached hydrogen (secondary N) is 4. The molecule has 2 aromatic rings. The molecular formula is C47H84N6O6. The van der Waals surface area contributed by atoms with Crippen LogP contribution in [0.5, 0.6) is 0 Å². The zero-order valence-corrected chi connectivity index (χ0v) is 39.1. The summed E-state index contributed by atoms with van der Waals surface area (Å²) in [5, 5.41) is 11.0. The van der Waals surface area contributed by atoms with Gasteiger partial charge in [0.05, 0.1) is 6.04 Å². The molecule has 59 heavy (non-hydrogen) atoms. The third-order valence-corrected chi connectivity index (χ3v) is 8.06. The van der Waals surface area contributed by atoms with Crippen LogP contribution in [-0.4, -0.2) is 60.9 Å². The first kappa shape index (κ1) is 61.2. The fourth-order valence-electron chi connectivity index (χ4n) is 5.15. The first-order valence-electron chi connectivity index (χ1n) is 21.7. The summed E-state index contributed by atoms with van der Waals surface area (Å²) in [6.45, 7) is 26.2. The van der Waals surface area contributed by atoms with Crippen molar-refractivity contribution in [2.45, 2.75) is 167 Å². The molecule has 0 fully saturated rings. The molecule has 0 aromatic heterocycles. The summed E-state index contributed by atoms with van der Waals surface area (Å²) in [6, 6.07) is 15.0. The van der Waals surface area contributed by atoms with Gasteiger partial charge in [-0.05, 0) is 87.5 Å². The SMILES string of the molecule is CC.CC.CC.CC(=O)NC(Cc1ccc(CN)cc1)C(=O)NCCCC[C@H](C)C(=O)N[C@@H](CCCCNC=O)C(C)=O.CC(C)=O.CC(C)Cc1ccc(CN)cc1. The third kappa shape index (κ3) is 36.4. The Morgan fingerprint density at radius 3 is 1.41 bits per heavy atom. The van der Waals surface area contributed by atoms with E-state index in [4.69, 9.17) is 11.5 Å². The number of rotatable bonds is 22. The second kappa shape index (κ2) is 41.7. The first-order valence-corrected chi connectivity index (χ1v) is 21.7. The van der Waals surface area contributed by atoms with Gasteiger partial charge in [0.15, 0.2) is 5.78 Å². The molecule has 8 N–H and O–H groups in total. The average molecular weight is 829 g/mol. The van der Waals surface area contributed by atoms with E-state index in [1.807, 2.05) is 72.7 Å². The van der Waals surface area contributed by atoms with Crippen molar-refractivity contribution in [3.63, 3.8) is 0 Å². The second-order valence-electron chi connectivity index (χ2n) is 13.9. The zero-order valence-electron chi connectivity index (χ0n) is 39.1. The van der Waals surface area contributed by atoms with Crippen LogP contribution >= 0.6 is 0 Å². The Kier molecular flexibility index (Phi) is 43.3. The van der Waals surface area contributed by atoms with Gasteiger partial charge < -0.3 is 37.5 Å². The summed E-state index contributed by atoms with van der Waals surface area (Å²) in [5.74, 6) is -0.152. The van der Waals surface area contributed by atoms with Crippen molar-refractivity contribution in [2.75, 3.05) is 13.1 Å². The van der Waals surface area contributed by atoms with Gasteiger partial charge in [-0.1, -0.05) is 117 Å². The molecule has 0 aliphatic carbocycles. The number of Topliss-reactive ketones (excluding diaryl/α,β-unsaturated/α-hetero) is 2. The number of unbranched alkanes of at least 4 members (excludes halogenated alkanes) is 2. The van der Waals surface area contributed by atoms with E-state index in [0.29, 0.717) is 58.3 Å². The summed E-state index contributed by atoms with van der Waals surface area (Å²) >= 11 is 0. The number of ketones is 2. The van der Waals surface area contributed by atoms with Crippen molar-refractivity contribution in [1.29, 1.82) is 0 Å². The van der Waals surface area contributed by atoms with Gasteiger partial charge in [-0.2, -0.15) is 0 Å². The number of hydrogen-bond donors (Lipinski definition) is 6. The van der Waals surface area contributed by atoms with Crippen molar-refractivity contribution in [2.24, 2.45) is 23.3 Å². The topological polar surface area (TPSA) is 203 Å². The van der Waals surface area contributed by atoms with Crippen LogP contribution in [0.25, 0.3) is 0 Å². The Labute approximate surface area is 358 Å². The maximum absolute atomic E-state index is 12.7. The van der Waals surface area contributed by atoms with Gasteiger partial charge in [0.25, 0.3) is 0 Å². The van der Waals surface area contributed by atoms with Crippen LogP contribution in [0.15, 0.2) is 48.5 Å². The van der Waals surface area contributed by atoms with Gasteiger partial charge in [0.2, 0.25) is 24.1 Å². The molecule has 0 saturated heterocycles. The van der Waals surface area contributed by atoms with Gasteiger partial charge in [0, 0.05) is 45.4 Å². The van der Waals surface area contributed by atoms with Gasteiger partial charge in [0.1, 0.15) is 11.8 Å². The van der Waals surface area contributed by atoms with E-state index in [9.17, 15) is 28.8 Å². The van der Waals surface area contributed by atoms with Crippen LogP contribution in [0.2, 0.25) is 0 Å². The smallest absolute Gasteiger partial charge is 0.242 e. The van der Waals surface area contributed by atoms with Crippen molar-refractivity contribution in [1.82, 2.24) is 21.3 Å². The molecule has 0 aliphatic rings. The number of nitrogens with two attached hydrogens (primary N) is 2. The fraction of sp³-hybridized carbons (Fsp3) is 0.617. The molecule has 0 aliphatic heterocycles. The van der Waals surface area contributed by atoms with E-state index in [-0.39, 0.29) is 35.2 Å². The van der Waals surface area contributed by atoms with E-state index < -0.39 is 12.1 Å². The molecular weight excluding hydrogens is 745 g/mol.